The molecule has 0 aliphatic carbocycles. The van der Waals surface area contributed by atoms with Crippen molar-refractivity contribution in [2.75, 3.05) is 7.11 Å². The van der Waals surface area contributed by atoms with Gasteiger partial charge < -0.3 is 15.0 Å². The zero-order valence-electron chi connectivity index (χ0n) is 13.6. The third-order valence-corrected chi connectivity index (χ3v) is 5.37. The summed E-state index contributed by atoms with van der Waals surface area (Å²) in [4.78, 5) is 15.7. The van der Waals surface area contributed by atoms with E-state index >= 15 is 0 Å². The predicted molar refractivity (Wildman–Crippen MR) is 98.0 cm³/mol. The molecule has 6 heteroatoms. The molecule has 2 atom stereocenters. The largest absolute Gasteiger partial charge is 0.465 e. The van der Waals surface area contributed by atoms with Crippen LogP contribution >= 0.6 is 23.2 Å². The molecule has 0 amide bonds. The van der Waals surface area contributed by atoms with Gasteiger partial charge >= 0.3 is 5.97 Å². The third kappa shape index (κ3) is 2.80. The first kappa shape index (κ1) is 16.5. The van der Waals surface area contributed by atoms with E-state index in [1.807, 2.05) is 35.6 Å². The zero-order chi connectivity index (χ0) is 17.6. The van der Waals surface area contributed by atoms with Gasteiger partial charge in [0, 0.05) is 27.9 Å². The number of aromatic nitrogens is 1. The number of ether oxygens (including phenoxy) is 1. The maximum Gasteiger partial charge on any atom is 0.364 e. The number of aromatic amines is 1. The lowest BCUT2D eigenvalue weighted by atomic mass is 9.90. The number of methoxy groups -OCH3 is 1. The number of hydrogen-bond donors (Lipinski definition) is 2. The lowest BCUT2D eigenvalue weighted by molar-refractivity contribution is -0.712. The summed E-state index contributed by atoms with van der Waals surface area (Å²) in [5, 5.41) is 4.32. The van der Waals surface area contributed by atoms with Crippen molar-refractivity contribution in [3.8, 4) is 0 Å². The fourth-order valence-corrected chi connectivity index (χ4v) is 4.17. The van der Waals surface area contributed by atoms with Crippen molar-refractivity contribution in [1.29, 1.82) is 0 Å². The van der Waals surface area contributed by atoms with E-state index in [4.69, 9.17) is 27.9 Å². The Labute approximate surface area is 155 Å². The lowest BCUT2D eigenvalue weighted by Gasteiger charge is -2.27. The maximum atomic E-state index is 12.2. The van der Waals surface area contributed by atoms with Crippen LogP contribution in [0.2, 0.25) is 10.0 Å². The van der Waals surface area contributed by atoms with E-state index in [-0.39, 0.29) is 18.1 Å². The minimum absolute atomic E-state index is 0.120. The van der Waals surface area contributed by atoms with Crippen LogP contribution < -0.4 is 5.32 Å². The minimum atomic E-state index is -0.312. The molecule has 2 heterocycles. The Hall–Kier alpha value is -2.01. The van der Waals surface area contributed by atoms with Crippen molar-refractivity contribution in [3.05, 3.63) is 69.3 Å². The number of benzene rings is 2. The molecule has 0 radical (unpaired) electrons. The van der Waals surface area contributed by atoms with Crippen LogP contribution in [0.25, 0.3) is 10.9 Å². The van der Waals surface area contributed by atoms with Crippen molar-refractivity contribution in [3.63, 3.8) is 0 Å². The summed E-state index contributed by atoms with van der Waals surface area (Å²) in [6.07, 6.45) is 0.619. The fourth-order valence-electron chi connectivity index (χ4n) is 3.65. The summed E-state index contributed by atoms with van der Waals surface area (Å²) in [7, 11) is 1.42. The summed E-state index contributed by atoms with van der Waals surface area (Å²) in [6, 6.07) is 13.2. The summed E-state index contributed by atoms with van der Waals surface area (Å²) in [5.41, 5.74) is 4.20. The van der Waals surface area contributed by atoms with Gasteiger partial charge in [-0.25, -0.2) is 4.79 Å². The normalized spacial score (nSPS) is 19.6. The molecular formula is C19H17Cl2N2O2+. The van der Waals surface area contributed by atoms with Gasteiger partial charge in [-0.15, -0.1) is 0 Å². The molecular weight excluding hydrogens is 359 g/mol. The van der Waals surface area contributed by atoms with Gasteiger partial charge in [-0.1, -0.05) is 41.4 Å². The lowest BCUT2D eigenvalue weighted by Crippen LogP contribution is -2.94. The number of halogens is 2. The number of H-pyrrole nitrogens is 1. The number of para-hydroxylation sites is 1. The molecule has 1 aliphatic heterocycles. The second-order valence-corrected chi connectivity index (χ2v) is 7.08. The van der Waals surface area contributed by atoms with Crippen molar-refractivity contribution < 1.29 is 14.8 Å². The molecule has 0 unspecified atom stereocenters. The van der Waals surface area contributed by atoms with Crippen molar-refractivity contribution in [2.45, 2.75) is 18.5 Å². The molecule has 0 fully saturated rings. The average molecular weight is 376 g/mol. The van der Waals surface area contributed by atoms with Gasteiger partial charge in [0.25, 0.3) is 0 Å². The molecule has 2 aromatic carbocycles. The minimum Gasteiger partial charge on any atom is -0.465 e. The Morgan fingerprint density at radius 2 is 2.04 bits per heavy atom. The van der Waals surface area contributed by atoms with Crippen LogP contribution in [0.5, 0.6) is 0 Å². The van der Waals surface area contributed by atoms with Crippen LogP contribution in [0.1, 0.15) is 22.9 Å². The van der Waals surface area contributed by atoms with Crippen LogP contribution in [-0.2, 0) is 16.0 Å². The van der Waals surface area contributed by atoms with Gasteiger partial charge in [0.2, 0.25) is 0 Å². The number of rotatable bonds is 2. The van der Waals surface area contributed by atoms with Gasteiger partial charge in [0.15, 0.2) is 12.1 Å². The van der Waals surface area contributed by atoms with E-state index in [0.717, 1.165) is 27.7 Å². The van der Waals surface area contributed by atoms with Gasteiger partial charge in [-0.3, -0.25) is 0 Å². The number of carbonyl (C=O) groups excluding carboxylic acids is 1. The van der Waals surface area contributed by atoms with Crippen LogP contribution in [-0.4, -0.2) is 24.1 Å². The molecule has 4 nitrogen and oxygen atoms in total. The first-order chi connectivity index (χ1) is 12.1. The number of carbonyl (C=O) groups is 1. The maximum absolute atomic E-state index is 12.2. The Morgan fingerprint density at radius 3 is 2.80 bits per heavy atom. The zero-order valence-corrected chi connectivity index (χ0v) is 15.1. The van der Waals surface area contributed by atoms with Crippen LogP contribution in [0.15, 0.2) is 42.5 Å². The summed E-state index contributed by atoms with van der Waals surface area (Å²) in [6.45, 7) is 0. The highest BCUT2D eigenvalue weighted by Crippen LogP contribution is 2.35. The number of nitrogens with two attached hydrogens (primary N) is 1. The number of hydrogen-bond acceptors (Lipinski definition) is 2. The second kappa shape index (κ2) is 6.37. The quantitative estimate of drug-likeness (QED) is 0.675. The fraction of sp³-hybridized carbons (Fsp3) is 0.211. The number of quaternary nitrogens is 1. The monoisotopic (exact) mass is 375 g/mol. The van der Waals surface area contributed by atoms with Gasteiger partial charge in [0.1, 0.15) is 0 Å². The molecule has 1 aromatic heterocycles. The second-order valence-electron chi connectivity index (χ2n) is 6.23. The van der Waals surface area contributed by atoms with Gasteiger partial charge in [-0.2, -0.15) is 0 Å². The molecule has 0 saturated carbocycles. The van der Waals surface area contributed by atoms with Gasteiger partial charge in [-0.05, 0) is 29.8 Å². The molecule has 25 heavy (non-hydrogen) atoms. The van der Waals surface area contributed by atoms with Gasteiger partial charge in [0.05, 0.1) is 17.8 Å². The predicted octanol–water partition coefficient (Wildman–Crippen LogP) is 3.23. The van der Waals surface area contributed by atoms with Crippen molar-refractivity contribution in [2.24, 2.45) is 0 Å². The van der Waals surface area contributed by atoms with E-state index in [1.54, 1.807) is 6.07 Å². The molecule has 4 rings (SSSR count). The highest BCUT2D eigenvalue weighted by Gasteiger charge is 2.38. The molecule has 128 valence electrons. The van der Waals surface area contributed by atoms with Crippen molar-refractivity contribution in [1.82, 2.24) is 4.98 Å². The molecule has 3 aromatic rings. The standard InChI is InChI=1S/C19H16Cl2N2O2/c1-25-19(24)16-9-13-11-4-2-3-5-15(11)22-18(13)17(23-16)12-7-6-10(20)8-14(12)21/h2-8,16-17,22-23H,9H2,1H3/p+1/t16-,17-/m0/s1. The Balaban J connectivity index is 1.90. The smallest absolute Gasteiger partial charge is 0.364 e. The van der Waals surface area contributed by atoms with Crippen LogP contribution in [0, 0.1) is 0 Å². The van der Waals surface area contributed by atoms with Crippen molar-refractivity contribution >= 4 is 40.1 Å². The molecule has 1 aliphatic rings. The molecule has 3 N–H and O–H groups in total. The van der Waals surface area contributed by atoms with E-state index in [1.165, 1.54) is 7.11 Å². The Morgan fingerprint density at radius 1 is 1.24 bits per heavy atom. The number of fused-ring (bicyclic) bond motifs is 3. The highest BCUT2D eigenvalue weighted by atomic mass is 35.5. The Bertz CT molecular complexity index is 967. The SMILES string of the molecule is COC(=O)[C@@H]1Cc2c([nH]c3ccccc23)[C@H](c2ccc(Cl)cc2Cl)[NH2+]1. The topological polar surface area (TPSA) is 58.7 Å². The number of esters is 1. The first-order valence-corrected chi connectivity index (χ1v) is 8.81. The molecule has 0 saturated heterocycles. The van der Waals surface area contributed by atoms with E-state index < -0.39 is 0 Å². The first-order valence-electron chi connectivity index (χ1n) is 8.05. The van der Waals surface area contributed by atoms with E-state index in [0.29, 0.717) is 16.5 Å². The number of nitrogens with one attached hydrogen (secondary N) is 1. The van der Waals surface area contributed by atoms with E-state index in [9.17, 15) is 4.79 Å². The summed E-state index contributed by atoms with van der Waals surface area (Å²) < 4.78 is 4.99. The van der Waals surface area contributed by atoms with Crippen LogP contribution in [0.3, 0.4) is 0 Å². The highest BCUT2D eigenvalue weighted by molar-refractivity contribution is 6.35. The Kier molecular flexibility index (Phi) is 4.20. The summed E-state index contributed by atoms with van der Waals surface area (Å²) >= 11 is 12.5. The van der Waals surface area contributed by atoms with E-state index in [2.05, 4.69) is 11.1 Å². The molecule has 0 bridgehead atoms. The third-order valence-electron chi connectivity index (χ3n) is 4.81. The average Bonchev–Trinajstić information content (AvgIpc) is 2.99. The van der Waals surface area contributed by atoms with Crippen LogP contribution in [0.4, 0.5) is 0 Å². The summed E-state index contributed by atoms with van der Waals surface area (Å²) in [5.74, 6) is -0.231. The molecule has 0 spiro atoms.